The summed E-state index contributed by atoms with van der Waals surface area (Å²) in [6, 6.07) is 0. The summed E-state index contributed by atoms with van der Waals surface area (Å²) in [5.74, 6) is -0.759. The summed E-state index contributed by atoms with van der Waals surface area (Å²) in [6.07, 6.45) is 7.12. The lowest BCUT2D eigenvalue weighted by molar-refractivity contribution is -0.138. The summed E-state index contributed by atoms with van der Waals surface area (Å²) in [5, 5.41) is 0. The van der Waals surface area contributed by atoms with Crippen molar-refractivity contribution in [3.63, 3.8) is 0 Å². The van der Waals surface area contributed by atoms with Gasteiger partial charge in [0.1, 0.15) is 5.92 Å². The predicted octanol–water partition coefficient (Wildman–Crippen LogP) is 3.02. The normalized spacial score (nSPS) is 31.6. The third-order valence-corrected chi connectivity index (χ3v) is 5.29. The first kappa shape index (κ1) is 13.7. The Balaban J connectivity index is 1.77. The minimum Gasteiger partial charge on any atom is -0.298 e. The van der Waals surface area contributed by atoms with E-state index in [1.807, 2.05) is 0 Å². The Morgan fingerprint density at radius 1 is 0.900 bits per heavy atom. The largest absolute Gasteiger partial charge is 0.298 e. The second kappa shape index (κ2) is 5.27. The lowest BCUT2D eigenvalue weighted by atomic mass is 9.76. The molecule has 0 radical (unpaired) electrons. The number of ketones is 3. The first-order valence-electron chi connectivity index (χ1n) is 7.93. The van der Waals surface area contributed by atoms with Crippen LogP contribution < -0.4 is 0 Å². The fraction of sp³-hybridized carbons (Fsp3) is 0.706. The van der Waals surface area contributed by atoms with Crippen LogP contribution in [0.2, 0.25) is 0 Å². The summed E-state index contributed by atoms with van der Waals surface area (Å²) in [6.45, 7) is 2.20. The minimum atomic E-state index is -0.962. The lowest BCUT2D eigenvalue weighted by Gasteiger charge is -2.26. The molecule has 108 valence electrons. The fourth-order valence-electron chi connectivity index (χ4n) is 3.96. The fourth-order valence-corrected chi connectivity index (χ4v) is 3.96. The third-order valence-electron chi connectivity index (χ3n) is 5.29. The van der Waals surface area contributed by atoms with Crippen LogP contribution >= 0.6 is 0 Å². The molecule has 3 rings (SSSR count). The van der Waals surface area contributed by atoms with Gasteiger partial charge in [-0.3, -0.25) is 14.4 Å². The number of allylic oxidation sites excluding steroid dienone is 2. The Morgan fingerprint density at radius 2 is 1.40 bits per heavy atom. The molecule has 0 aromatic carbocycles. The third kappa shape index (κ3) is 2.17. The van der Waals surface area contributed by atoms with Crippen molar-refractivity contribution in [2.24, 2.45) is 17.8 Å². The zero-order chi connectivity index (χ0) is 14.3. The predicted molar refractivity (Wildman–Crippen MR) is 75.1 cm³/mol. The van der Waals surface area contributed by atoms with E-state index >= 15 is 0 Å². The average molecular weight is 274 g/mol. The van der Waals surface area contributed by atoms with E-state index in [9.17, 15) is 14.4 Å². The van der Waals surface area contributed by atoms with Gasteiger partial charge < -0.3 is 0 Å². The number of carbonyl (C=O) groups excluding carboxylic acids is 3. The van der Waals surface area contributed by atoms with Gasteiger partial charge in [-0.1, -0.05) is 19.8 Å². The van der Waals surface area contributed by atoms with Crippen LogP contribution in [0.5, 0.6) is 0 Å². The van der Waals surface area contributed by atoms with Gasteiger partial charge in [-0.15, -0.1) is 0 Å². The van der Waals surface area contributed by atoms with Crippen molar-refractivity contribution in [3.8, 4) is 0 Å². The molecule has 0 N–H and O–H groups in total. The van der Waals surface area contributed by atoms with E-state index in [1.54, 1.807) is 0 Å². The van der Waals surface area contributed by atoms with Crippen LogP contribution in [0.3, 0.4) is 0 Å². The van der Waals surface area contributed by atoms with Gasteiger partial charge in [-0.25, -0.2) is 0 Å². The van der Waals surface area contributed by atoms with Gasteiger partial charge in [0.05, 0.1) is 0 Å². The van der Waals surface area contributed by atoms with Crippen LogP contribution in [0.4, 0.5) is 0 Å². The molecule has 0 bridgehead atoms. The van der Waals surface area contributed by atoms with E-state index in [0.717, 1.165) is 38.5 Å². The number of Topliss-reactive ketones (excluding diaryl/α,β-unsaturated/α-hetero) is 3. The molecule has 0 spiro atoms. The summed E-state index contributed by atoms with van der Waals surface area (Å²) >= 11 is 0. The highest BCUT2D eigenvalue weighted by molar-refractivity contribution is 6.34. The second-order valence-corrected chi connectivity index (χ2v) is 6.68. The molecule has 3 nitrogen and oxygen atoms in total. The topological polar surface area (TPSA) is 51.2 Å². The molecule has 3 heteroatoms. The van der Waals surface area contributed by atoms with Crippen LogP contribution in [-0.2, 0) is 14.4 Å². The molecule has 0 unspecified atom stereocenters. The van der Waals surface area contributed by atoms with Crippen molar-refractivity contribution in [1.29, 1.82) is 0 Å². The quantitative estimate of drug-likeness (QED) is 0.727. The second-order valence-electron chi connectivity index (χ2n) is 6.68. The maximum atomic E-state index is 12.6. The van der Waals surface area contributed by atoms with E-state index in [-0.39, 0.29) is 23.3 Å². The minimum absolute atomic E-state index is 0.0644. The van der Waals surface area contributed by atoms with E-state index in [1.165, 1.54) is 0 Å². The highest BCUT2D eigenvalue weighted by atomic mass is 16.2. The lowest BCUT2D eigenvalue weighted by Crippen LogP contribution is -2.34. The molecule has 3 aliphatic rings. The van der Waals surface area contributed by atoms with Crippen LogP contribution in [-0.4, -0.2) is 17.3 Å². The Labute approximate surface area is 119 Å². The Morgan fingerprint density at radius 3 is 1.90 bits per heavy atom. The zero-order valence-electron chi connectivity index (χ0n) is 12.1. The maximum Gasteiger partial charge on any atom is 0.177 e. The van der Waals surface area contributed by atoms with Crippen molar-refractivity contribution in [2.45, 2.75) is 58.3 Å². The number of hydrogen-bond acceptors (Lipinski definition) is 3. The monoisotopic (exact) mass is 274 g/mol. The van der Waals surface area contributed by atoms with Crippen molar-refractivity contribution >= 4 is 17.3 Å². The summed E-state index contributed by atoms with van der Waals surface area (Å²) in [5.41, 5.74) is 1.37. The molecule has 1 saturated carbocycles. The van der Waals surface area contributed by atoms with E-state index in [2.05, 4.69) is 6.92 Å². The molecule has 0 aliphatic heterocycles. The maximum absolute atomic E-state index is 12.6. The smallest absolute Gasteiger partial charge is 0.177 e. The molecule has 20 heavy (non-hydrogen) atoms. The summed E-state index contributed by atoms with van der Waals surface area (Å²) < 4.78 is 0. The molecule has 0 aromatic rings. The molecular formula is C17H22O3. The highest BCUT2D eigenvalue weighted by Crippen LogP contribution is 2.39. The molecule has 1 fully saturated rings. The number of carbonyl (C=O) groups is 3. The molecule has 0 aromatic heterocycles. The molecule has 0 amide bonds. The molecule has 0 saturated heterocycles. The number of hydrogen-bond donors (Lipinski definition) is 0. The first-order valence-corrected chi connectivity index (χ1v) is 7.93. The van der Waals surface area contributed by atoms with Gasteiger partial charge in [0.25, 0.3) is 0 Å². The molecule has 0 heterocycles. The zero-order valence-corrected chi connectivity index (χ0v) is 12.1. The standard InChI is InChI=1S/C17H22O3/c1-10-6-8-11(9-7-10)15(18)14-16(19)12-4-2-3-5-13(12)17(14)20/h10-11,14H,2-9H2,1H3. The molecule has 3 aliphatic carbocycles. The Kier molecular flexibility index (Phi) is 3.61. The number of rotatable bonds is 2. The van der Waals surface area contributed by atoms with Gasteiger partial charge in [0.2, 0.25) is 0 Å². The summed E-state index contributed by atoms with van der Waals surface area (Å²) in [7, 11) is 0. The van der Waals surface area contributed by atoms with Crippen LogP contribution in [0, 0.1) is 17.8 Å². The van der Waals surface area contributed by atoms with Crippen molar-refractivity contribution in [2.75, 3.05) is 0 Å². The van der Waals surface area contributed by atoms with Gasteiger partial charge in [0.15, 0.2) is 17.3 Å². The van der Waals surface area contributed by atoms with Gasteiger partial charge in [-0.05, 0) is 44.4 Å². The van der Waals surface area contributed by atoms with Gasteiger partial charge >= 0.3 is 0 Å². The van der Waals surface area contributed by atoms with Gasteiger partial charge in [0, 0.05) is 17.1 Å². The van der Waals surface area contributed by atoms with Crippen LogP contribution in [0.25, 0.3) is 0 Å². The van der Waals surface area contributed by atoms with Crippen LogP contribution in [0.1, 0.15) is 58.3 Å². The van der Waals surface area contributed by atoms with Crippen molar-refractivity contribution in [1.82, 2.24) is 0 Å². The molecular weight excluding hydrogens is 252 g/mol. The Bertz CT molecular complexity index is 464. The highest BCUT2D eigenvalue weighted by Gasteiger charge is 2.47. The van der Waals surface area contributed by atoms with Crippen molar-refractivity contribution in [3.05, 3.63) is 11.1 Å². The SMILES string of the molecule is CC1CCC(C(=O)C2C(=O)C3=C(CCCC3)C2=O)CC1. The van der Waals surface area contributed by atoms with E-state index in [0.29, 0.717) is 29.9 Å². The van der Waals surface area contributed by atoms with Crippen molar-refractivity contribution < 1.29 is 14.4 Å². The Hall–Kier alpha value is -1.25. The van der Waals surface area contributed by atoms with Crippen LogP contribution in [0.15, 0.2) is 11.1 Å². The van der Waals surface area contributed by atoms with Gasteiger partial charge in [-0.2, -0.15) is 0 Å². The summed E-state index contributed by atoms with van der Waals surface area (Å²) in [4.78, 5) is 37.4. The first-order chi connectivity index (χ1) is 9.59. The average Bonchev–Trinajstić information content (AvgIpc) is 2.72. The molecule has 0 atom stereocenters. The van der Waals surface area contributed by atoms with E-state index in [4.69, 9.17) is 0 Å². The van der Waals surface area contributed by atoms with E-state index < -0.39 is 5.92 Å².